The maximum atomic E-state index is 11.9. The minimum absolute atomic E-state index is 0.0174. The van der Waals surface area contributed by atoms with E-state index in [4.69, 9.17) is 5.11 Å². The molecule has 6 nitrogen and oxygen atoms in total. The molecule has 1 aromatic rings. The fraction of sp³-hybridized carbons (Fsp3) is 0.583. The molecule has 0 aliphatic rings. The lowest BCUT2D eigenvalue weighted by atomic mass is 10.2. The topological polar surface area (TPSA) is 82.5 Å². The molecule has 0 fully saturated rings. The van der Waals surface area contributed by atoms with Crippen molar-refractivity contribution in [2.75, 3.05) is 13.1 Å². The van der Waals surface area contributed by atoms with Gasteiger partial charge in [-0.15, -0.1) is 11.3 Å². The van der Waals surface area contributed by atoms with Crippen molar-refractivity contribution in [2.45, 2.75) is 27.3 Å². The minimum atomic E-state index is -1.05. The maximum absolute atomic E-state index is 11.9. The molecular formula is C12H19N3O3S. The van der Waals surface area contributed by atoms with Crippen molar-refractivity contribution in [1.82, 2.24) is 15.2 Å². The molecule has 7 heteroatoms. The van der Waals surface area contributed by atoms with E-state index >= 15 is 0 Å². The highest BCUT2D eigenvalue weighted by atomic mass is 32.1. The van der Waals surface area contributed by atoms with E-state index in [9.17, 15) is 9.59 Å². The van der Waals surface area contributed by atoms with E-state index in [2.05, 4.69) is 24.1 Å². The van der Waals surface area contributed by atoms with E-state index in [0.29, 0.717) is 24.0 Å². The number of carbonyl (C=O) groups excluding carboxylic acids is 1. The van der Waals surface area contributed by atoms with E-state index in [1.54, 1.807) is 4.90 Å². The lowest BCUT2D eigenvalue weighted by molar-refractivity contribution is 0.0691. The Hall–Kier alpha value is -1.63. The van der Waals surface area contributed by atoms with Crippen LogP contribution in [0.5, 0.6) is 0 Å². The number of thiazole rings is 1. The number of hydrogen-bond donors (Lipinski definition) is 2. The van der Waals surface area contributed by atoms with E-state index < -0.39 is 5.97 Å². The summed E-state index contributed by atoms with van der Waals surface area (Å²) < 4.78 is 0. The Morgan fingerprint density at radius 3 is 2.68 bits per heavy atom. The van der Waals surface area contributed by atoms with Crippen LogP contribution >= 0.6 is 11.3 Å². The van der Waals surface area contributed by atoms with Gasteiger partial charge in [-0.2, -0.15) is 0 Å². The fourth-order valence-corrected chi connectivity index (χ4v) is 2.26. The van der Waals surface area contributed by atoms with Crippen molar-refractivity contribution < 1.29 is 14.7 Å². The molecule has 0 bridgehead atoms. The van der Waals surface area contributed by atoms with Gasteiger partial charge in [0.15, 0.2) is 5.69 Å². The first-order chi connectivity index (χ1) is 8.93. The standard InChI is InChI=1S/C12H19N3O3S/c1-4-15(6-8(2)3)12(18)13-5-10-14-9(7-19-10)11(16)17/h7-8H,4-6H2,1-3H3,(H,13,18)(H,16,17). The van der Waals surface area contributed by atoms with Gasteiger partial charge in [0, 0.05) is 18.5 Å². The Morgan fingerprint density at radius 2 is 2.21 bits per heavy atom. The Kier molecular flexibility index (Phi) is 5.75. The summed E-state index contributed by atoms with van der Waals surface area (Å²) in [4.78, 5) is 28.2. The highest BCUT2D eigenvalue weighted by Crippen LogP contribution is 2.09. The molecule has 0 atom stereocenters. The van der Waals surface area contributed by atoms with Crippen molar-refractivity contribution in [2.24, 2.45) is 5.92 Å². The summed E-state index contributed by atoms with van der Waals surface area (Å²) >= 11 is 1.23. The number of nitrogens with zero attached hydrogens (tertiary/aromatic N) is 2. The summed E-state index contributed by atoms with van der Waals surface area (Å²) in [5, 5.41) is 13.6. The number of hydrogen-bond acceptors (Lipinski definition) is 4. The third-order valence-electron chi connectivity index (χ3n) is 2.42. The molecule has 1 rings (SSSR count). The van der Waals surface area contributed by atoms with E-state index in [1.165, 1.54) is 16.7 Å². The van der Waals surface area contributed by atoms with Crippen LogP contribution in [0.4, 0.5) is 4.79 Å². The van der Waals surface area contributed by atoms with E-state index in [0.717, 1.165) is 0 Å². The number of amides is 2. The molecule has 0 spiro atoms. The van der Waals surface area contributed by atoms with Gasteiger partial charge in [-0.3, -0.25) is 0 Å². The van der Waals surface area contributed by atoms with Crippen molar-refractivity contribution in [3.05, 3.63) is 16.1 Å². The molecular weight excluding hydrogens is 266 g/mol. The van der Waals surface area contributed by atoms with Crippen molar-refractivity contribution in [3.63, 3.8) is 0 Å². The second-order valence-electron chi connectivity index (χ2n) is 4.52. The second-order valence-corrected chi connectivity index (χ2v) is 5.47. The van der Waals surface area contributed by atoms with Gasteiger partial charge in [-0.1, -0.05) is 13.8 Å². The molecule has 0 saturated heterocycles. The Labute approximate surface area is 116 Å². The maximum Gasteiger partial charge on any atom is 0.355 e. The molecule has 0 unspecified atom stereocenters. The van der Waals surface area contributed by atoms with E-state index in [-0.39, 0.29) is 18.3 Å². The van der Waals surface area contributed by atoms with Crippen LogP contribution in [0.25, 0.3) is 0 Å². The zero-order valence-electron chi connectivity index (χ0n) is 11.3. The molecule has 0 aliphatic carbocycles. The first-order valence-corrected chi connectivity index (χ1v) is 7.02. The molecule has 0 saturated carbocycles. The fourth-order valence-electron chi connectivity index (χ4n) is 1.55. The molecule has 2 amide bonds. The predicted molar refractivity (Wildman–Crippen MR) is 73.4 cm³/mol. The van der Waals surface area contributed by atoms with Gasteiger partial charge in [0.25, 0.3) is 0 Å². The van der Waals surface area contributed by atoms with Crippen molar-refractivity contribution in [1.29, 1.82) is 0 Å². The van der Waals surface area contributed by atoms with Gasteiger partial charge >= 0.3 is 12.0 Å². The third-order valence-corrected chi connectivity index (χ3v) is 3.26. The van der Waals surface area contributed by atoms with Gasteiger partial charge < -0.3 is 15.3 Å². The molecule has 0 aliphatic heterocycles. The van der Waals surface area contributed by atoms with Crippen LogP contribution < -0.4 is 5.32 Å². The van der Waals surface area contributed by atoms with Crippen LogP contribution in [-0.4, -0.2) is 40.1 Å². The number of carbonyl (C=O) groups is 2. The smallest absolute Gasteiger partial charge is 0.355 e. The number of rotatable bonds is 6. The summed E-state index contributed by atoms with van der Waals surface area (Å²) in [6, 6.07) is -0.150. The number of aromatic carboxylic acids is 1. The number of carboxylic acid groups (broad SMARTS) is 1. The molecule has 0 aromatic carbocycles. The number of aromatic nitrogens is 1. The van der Waals surface area contributed by atoms with Gasteiger partial charge in [-0.25, -0.2) is 14.6 Å². The average Bonchev–Trinajstić information content (AvgIpc) is 2.81. The quantitative estimate of drug-likeness (QED) is 0.837. The third kappa shape index (κ3) is 4.86. The summed E-state index contributed by atoms with van der Waals surface area (Å²) in [5.41, 5.74) is 0.0174. The Morgan fingerprint density at radius 1 is 1.53 bits per heavy atom. The summed E-state index contributed by atoms with van der Waals surface area (Å²) in [5.74, 6) is -0.645. The first-order valence-electron chi connectivity index (χ1n) is 6.14. The molecule has 0 radical (unpaired) electrons. The number of carboxylic acids is 1. The predicted octanol–water partition coefficient (Wildman–Crippen LogP) is 2.03. The van der Waals surface area contributed by atoms with Gasteiger partial charge in [-0.05, 0) is 12.8 Å². The van der Waals surface area contributed by atoms with Crippen molar-refractivity contribution in [3.8, 4) is 0 Å². The van der Waals surface area contributed by atoms with Crippen LogP contribution in [0.1, 0.15) is 36.3 Å². The van der Waals surface area contributed by atoms with Crippen LogP contribution in [0.3, 0.4) is 0 Å². The molecule has 19 heavy (non-hydrogen) atoms. The zero-order chi connectivity index (χ0) is 14.4. The summed E-state index contributed by atoms with van der Waals surface area (Å²) in [6.45, 7) is 7.62. The van der Waals surface area contributed by atoms with Crippen LogP contribution in [0.15, 0.2) is 5.38 Å². The second kappa shape index (κ2) is 7.08. The monoisotopic (exact) mass is 285 g/mol. The normalized spacial score (nSPS) is 10.5. The molecule has 2 N–H and O–H groups in total. The summed E-state index contributed by atoms with van der Waals surface area (Å²) in [7, 11) is 0. The largest absolute Gasteiger partial charge is 0.476 e. The highest BCUT2D eigenvalue weighted by molar-refractivity contribution is 7.09. The zero-order valence-corrected chi connectivity index (χ0v) is 12.2. The molecule has 1 heterocycles. The minimum Gasteiger partial charge on any atom is -0.476 e. The van der Waals surface area contributed by atoms with Gasteiger partial charge in [0.05, 0.1) is 6.54 Å². The summed E-state index contributed by atoms with van der Waals surface area (Å²) in [6.07, 6.45) is 0. The lowest BCUT2D eigenvalue weighted by Crippen LogP contribution is -2.41. The average molecular weight is 285 g/mol. The van der Waals surface area contributed by atoms with Crippen molar-refractivity contribution >= 4 is 23.3 Å². The number of urea groups is 1. The van der Waals surface area contributed by atoms with Crippen LogP contribution in [0.2, 0.25) is 0 Å². The molecule has 106 valence electrons. The van der Waals surface area contributed by atoms with Crippen LogP contribution in [-0.2, 0) is 6.54 Å². The Bertz CT molecular complexity index is 445. The lowest BCUT2D eigenvalue weighted by Gasteiger charge is -2.22. The van der Waals surface area contributed by atoms with Gasteiger partial charge in [0.1, 0.15) is 5.01 Å². The van der Waals surface area contributed by atoms with E-state index in [1.807, 2.05) is 6.92 Å². The van der Waals surface area contributed by atoms with Crippen LogP contribution in [0, 0.1) is 5.92 Å². The highest BCUT2D eigenvalue weighted by Gasteiger charge is 2.14. The van der Waals surface area contributed by atoms with Gasteiger partial charge in [0.2, 0.25) is 0 Å². The first kappa shape index (κ1) is 15.4. The Balaban J connectivity index is 2.50. The molecule has 1 aromatic heterocycles. The SMILES string of the molecule is CCN(CC(C)C)C(=O)NCc1nc(C(=O)O)cs1. The number of nitrogens with one attached hydrogen (secondary N) is 1.